The molecule has 13 nitrogen and oxygen atoms in total. The summed E-state index contributed by atoms with van der Waals surface area (Å²) in [6.07, 6.45) is 14.8. The van der Waals surface area contributed by atoms with Gasteiger partial charge in [-0.3, -0.25) is 29.7 Å². The van der Waals surface area contributed by atoms with Gasteiger partial charge in [0.05, 0.1) is 55.0 Å². The van der Waals surface area contributed by atoms with Crippen LogP contribution in [0.5, 0.6) is 29.3 Å². The largest absolute Gasteiger partial charge is 0.497 e. The number of pyridine rings is 3. The summed E-state index contributed by atoms with van der Waals surface area (Å²) in [6.45, 7) is 15.5. The van der Waals surface area contributed by atoms with Crippen molar-refractivity contribution in [1.29, 1.82) is 0 Å². The molecule has 0 aliphatic carbocycles. The predicted octanol–water partition coefficient (Wildman–Crippen LogP) is 12.2. The van der Waals surface area contributed by atoms with Gasteiger partial charge in [-0.2, -0.15) is 9.97 Å². The molecule has 13 heteroatoms. The molecule has 0 amide bonds. The number of methoxy groups -OCH3 is 2. The summed E-state index contributed by atoms with van der Waals surface area (Å²) < 4.78 is 34.6. The fourth-order valence-corrected chi connectivity index (χ4v) is 15.4. The van der Waals surface area contributed by atoms with Gasteiger partial charge >= 0.3 is 6.01 Å². The Morgan fingerprint density at radius 3 is 1.25 bits per heavy atom. The Kier molecular flexibility index (Phi) is 13.9. The zero-order chi connectivity index (χ0) is 52.3. The summed E-state index contributed by atoms with van der Waals surface area (Å²) in [5.74, 6) is 6.24. The highest BCUT2D eigenvalue weighted by Gasteiger charge is 2.48. The van der Waals surface area contributed by atoms with Crippen LogP contribution in [0.3, 0.4) is 0 Å². The van der Waals surface area contributed by atoms with Crippen LogP contribution in [0.1, 0.15) is 119 Å². The van der Waals surface area contributed by atoms with Gasteiger partial charge in [0.1, 0.15) is 29.8 Å². The Morgan fingerprint density at radius 2 is 0.870 bits per heavy atom. The van der Waals surface area contributed by atoms with E-state index in [2.05, 4.69) is 90.9 Å². The fraction of sp³-hybridized carbons (Fsp3) is 0.516. The van der Waals surface area contributed by atoms with Crippen molar-refractivity contribution in [3.8, 4) is 29.3 Å². The van der Waals surface area contributed by atoms with Crippen molar-refractivity contribution in [2.24, 2.45) is 35.5 Å². The first-order valence-corrected chi connectivity index (χ1v) is 29.1. The lowest BCUT2D eigenvalue weighted by molar-refractivity contribution is -0.0552. The molecule has 8 unspecified atom stereocenters. The van der Waals surface area contributed by atoms with Crippen molar-refractivity contribution in [3.63, 3.8) is 0 Å². The molecule has 0 spiro atoms. The summed E-state index contributed by atoms with van der Waals surface area (Å²) in [5.41, 5.74) is 7.13. The summed E-state index contributed by atoms with van der Waals surface area (Å²) in [6, 6.07) is 27.7. The first-order chi connectivity index (χ1) is 37.8. The first kappa shape index (κ1) is 50.4. The molecule has 15 atom stereocenters. The number of aryl methyl sites for hydroxylation is 1. The minimum Gasteiger partial charge on any atom is -0.497 e. The second-order valence-corrected chi connectivity index (χ2v) is 23.5. The van der Waals surface area contributed by atoms with Crippen LogP contribution in [0, 0.1) is 42.4 Å². The van der Waals surface area contributed by atoms with Crippen LogP contribution in [0.4, 0.5) is 0 Å². The smallest absolute Gasteiger partial charge is 0.323 e. The minimum absolute atomic E-state index is 0.0742. The van der Waals surface area contributed by atoms with Crippen LogP contribution in [-0.4, -0.2) is 111 Å². The number of piperidine rings is 9. The van der Waals surface area contributed by atoms with E-state index in [-0.39, 0.29) is 30.2 Å². The van der Waals surface area contributed by atoms with Gasteiger partial charge in [-0.1, -0.05) is 51.7 Å². The molecule has 77 heavy (non-hydrogen) atoms. The number of fused-ring (bicyclic) bond motifs is 12. The fourth-order valence-electron chi connectivity index (χ4n) is 15.4. The van der Waals surface area contributed by atoms with Gasteiger partial charge in [0.25, 0.3) is 0 Å². The summed E-state index contributed by atoms with van der Waals surface area (Å²) in [4.78, 5) is 33.5. The average Bonchev–Trinajstić information content (AvgIpc) is 3.50. The van der Waals surface area contributed by atoms with Gasteiger partial charge in [-0.25, -0.2) is 0 Å². The van der Waals surface area contributed by atoms with E-state index in [1.807, 2.05) is 48.9 Å². The maximum atomic E-state index is 7.66. The number of aromatic nitrogens is 5. The molecule has 0 saturated carbocycles. The minimum atomic E-state index is -0.441. The second-order valence-electron chi connectivity index (χ2n) is 23.5. The number of nitrogens with zero attached hydrogens (tertiary/aromatic N) is 8. The lowest BCUT2D eigenvalue weighted by Crippen LogP contribution is -2.56. The number of hydrogen-bond acceptors (Lipinski definition) is 13. The summed E-state index contributed by atoms with van der Waals surface area (Å²) in [5, 5.41) is 3.11. The first-order valence-electron chi connectivity index (χ1n) is 29.1. The van der Waals surface area contributed by atoms with Crippen molar-refractivity contribution in [2.45, 2.75) is 122 Å². The van der Waals surface area contributed by atoms with E-state index in [4.69, 9.17) is 48.6 Å². The molecular weight excluding hydrogens is 961 g/mol. The Bertz CT molecular complexity index is 3120. The van der Waals surface area contributed by atoms with E-state index in [0.29, 0.717) is 47.3 Å². The molecule has 402 valence electrons. The molecular formula is C64H76N8O5. The summed E-state index contributed by atoms with van der Waals surface area (Å²) >= 11 is 0. The highest BCUT2D eigenvalue weighted by molar-refractivity contribution is 5.85. The molecule has 16 rings (SSSR count). The Labute approximate surface area is 454 Å². The number of hydrogen-bond donors (Lipinski definition) is 0. The van der Waals surface area contributed by atoms with Crippen LogP contribution in [-0.2, 0) is 0 Å². The Hall–Kier alpha value is -6.15. The van der Waals surface area contributed by atoms with E-state index in [1.165, 1.54) is 44.1 Å². The van der Waals surface area contributed by atoms with E-state index in [9.17, 15) is 0 Å². The molecule has 0 N–H and O–H groups in total. The zero-order valence-corrected chi connectivity index (χ0v) is 45.9. The van der Waals surface area contributed by atoms with Gasteiger partial charge in [-0.15, -0.1) is 0 Å². The monoisotopic (exact) mass is 1040 g/mol. The highest BCUT2D eigenvalue weighted by atomic mass is 16.5. The third-order valence-electron chi connectivity index (χ3n) is 19.6. The van der Waals surface area contributed by atoms with Crippen molar-refractivity contribution in [2.75, 3.05) is 53.5 Å². The maximum absolute atomic E-state index is 7.66. The summed E-state index contributed by atoms with van der Waals surface area (Å²) in [7, 11) is 3.45. The van der Waals surface area contributed by atoms with Crippen LogP contribution in [0.25, 0.3) is 32.7 Å². The third-order valence-corrected chi connectivity index (χ3v) is 19.6. The van der Waals surface area contributed by atoms with Crippen LogP contribution in [0.15, 0.2) is 97.5 Å². The normalized spacial score (nSPS) is 29.6. The van der Waals surface area contributed by atoms with Crippen molar-refractivity contribution in [1.82, 2.24) is 39.6 Å². The van der Waals surface area contributed by atoms with Gasteiger partial charge in [-0.05, 0) is 167 Å². The van der Waals surface area contributed by atoms with E-state index >= 15 is 0 Å². The highest BCUT2D eigenvalue weighted by Crippen LogP contribution is 2.49. The molecule has 9 aliphatic heterocycles. The molecule has 13 heterocycles. The van der Waals surface area contributed by atoms with Gasteiger partial charge in [0.2, 0.25) is 11.8 Å². The third kappa shape index (κ3) is 9.51. The Morgan fingerprint density at radius 1 is 0.481 bits per heavy atom. The maximum Gasteiger partial charge on any atom is 0.323 e. The van der Waals surface area contributed by atoms with Crippen molar-refractivity contribution < 1.29 is 23.7 Å². The quantitative estimate of drug-likeness (QED) is 0.0861. The zero-order valence-electron chi connectivity index (χ0n) is 45.9. The molecule has 4 aromatic heterocycles. The molecule has 0 radical (unpaired) electrons. The van der Waals surface area contributed by atoms with E-state index in [1.54, 1.807) is 14.2 Å². The van der Waals surface area contributed by atoms with Crippen LogP contribution in [0.2, 0.25) is 0 Å². The topological polar surface area (TPSA) is 120 Å². The van der Waals surface area contributed by atoms with Crippen molar-refractivity contribution >= 4 is 32.7 Å². The standard InChI is InChI=1S/C64H76N8O5/c1-7-39-35-70-25-19-42(39)29-56(70)61(47-16-22-65-53-13-10-38(4)28-50(47)53)75-59-34-60(76-62(57-30-43-20-26-71(57)36-40(43)8-2)48-17-23-66-54-14-11-45(73-5)32-51(48)54)69-64(68-59)77-63(58-31-44-21-27-72(58)37-41(44)9-3)49-18-24-67-55-15-12-46(74-6)33-52(49)55/h10-18,22-24,28,32-34,39-44,56-58,61-63H,7-9,19-21,25-27,29-31,35-37H2,1-6H3/t39-,40+,41+,42?,43?,44?,56-,57+,58+,61+,62?,63?/m0/s1. The number of benzene rings is 3. The van der Waals surface area contributed by atoms with Gasteiger partial charge in [0.15, 0.2) is 0 Å². The van der Waals surface area contributed by atoms with E-state index in [0.717, 1.165) is 119 Å². The lowest BCUT2D eigenvalue weighted by atomic mass is 9.72. The van der Waals surface area contributed by atoms with Gasteiger partial charge in [0, 0.05) is 71.1 Å². The van der Waals surface area contributed by atoms with Crippen LogP contribution < -0.4 is 23.7 Å². The molecule has 3 aromatic carbocycles. The number of ether oxygens (including phenoxy) is 5. The van der Waals surface area contributed by atoms with Crippen molar-refractivity contribution in [3.05, 3.63) is 120 Å². The molecule has 9 aliphatic rings. The number of rotatable bonds is 17. The second kappa shape index (κ2) is 21.2. The SMILES string of the molecule is CC[C@@H]1CN2CCC1C[C@@H]2C(Oc1cc(O[C@H](c2ccnc3ccc(C)cc23)[C@@H]2CC3CCN2C[C@@H]3CC)nc(OC(c2ccnc3ccc(OC)cc23)[C@H]2CC3CCN2C[C@H]3CC)n1)c1ccnc2ccc(OC)cc12. The lowest BCUT2D eigenvalue weighted by Gasteiger charge is -2.52. The predicted molar refractivity (Wildman–Crippen MR) is 301 cm³/mol. The molecule has 7 aromatic rings. The van der Waals surface area contributed by atoms with Crippen LogP contribution >= 0.6 is 0 Å². The molecule has 9 saturated heterocycles. The molecule has 6 bridgehead atoms. The average molecular weight is 1040 g/mol. The molecule has 9 fully saturated rings. The Balaban J connectivity index is 0.976. The van der Waals surface area contributed by atoms with E-state index < -0.39 is 12.2 Å². The van der Waals surface area contributed by atoms with Gasteiger partial charge < -0.3 is 23.7 Å².